The van der Waals surface area contributed by atoms with Gasteiger partial charge in [0.15, 0.2) is 0 Å². The monoisotopic (exact) mass is 199 g/mol. The third kappa shape index (κ3) is 2.45. The Morgan fingerprint density at radius 3 is 2.92 bits per heavy atom. The Morgan fingerprint density at radius 1 is 1.46 bits per heavy atom. The Hall–Kier alpha value is -0.540. The molecule has 0 fully saturated rings. The molecule has 1 aromatic heterocycles. The molecule has 2 heterocycles. The fourth-order valence-electron chi connectivity index (χ4n) is 1.48. The van der Waals surface area contributed by atoms with Crippen molar-refractivity contribution in [1.29, 1.82) is 0 Å². The average Bonchev–Trinajstić information content (AvgIpc) is 2.06. The van der Waals surface area contributed by atoms with Gasteiger partial charge < -0.3 is 5.48 Å². The maximum absolute atomic E-state index is 4.28. The van der Waals surface area contributed by atoms with E-state index in [1.54, 1.807) is 0 Å². The number of pyridine rings is 1. The van der Waals surface area contributed by atoms with Crippen LogP contribution in [-0.2, 0) is 12.2 Å². The second-order valence-electron chi connectivity index (χ2n) is 2.84. The highest BCUT2D eigenvalue weighted by molar-refractivity contribution is 7.98. The van der Waals surface area contributed by atoms with Crippen LogP contribution in [0, 0.1) is 6.92 Å². The molecule has 1 aromatic rings. The molecule has 0 spiro atoms. The van der Waals surface area contributed by atoms with E-state index in [2.05, 4.69) is 18.0 Å². The molecule has 0 amide bonds. The van der Waals surface area contributed by atoms with Crippen LogP contribution in [0.3, 0.4) is 0 Å². The lowest BCUT2D eigenvalue weighted by Crippen LogP contribution is -2.05. The lowest BCUT2D eigenvalue weighted by molar-refractivity contribution is 0.824. The average molecular weight is 199 g/mol. The second kappa shape index (κ2) is 5.25. The Morgan fingerprint density at radius 2 is 2.23 bits per heavy atom. The maximum atomic E-state index is 4.28. The highest BCUT2D eigenvalue weighted by Gasteiger charge is 2.10. The molecule has 1 aliphatic rings. The normalized spacial score (nSPS) is 13.6. The Labute approximate surface area is 84.1 Å². The van der Waals surface area contributed by atoms with Gasteiger partial charge in [0.2, 0.25) is 0 Å². The highest BCUT2D eigenvalue weighted by Crippen LogP contribution is 2.25. The lowest BCUT2D eigenvalue weighted by Gasteiger charge is -2.15. The van der Waals surface area contributed by atoms with Crippen molar-refractivity contribution in [2.24, 2.45) is 0 Å². The molecular weight excluding hydrogens is 182 g/mol. The van der Waals surface area contributed by atoms with E-state index in [1.807, 2.05) is 18.0 Å². The quantitative estimate of drug-likeness (QED) is 0.641. The number of hydrogen-bond donors (Lipinski definition) is 0. The Kier molecular flexibility index (Phi) is 5.03. The zero-order chi connectivity index (χ0) is 7.68. The van der Waals surface area contributed by atoms with Crippen LogP contribution < -0.4 is 0 Å². The lowest BCUT2D eigenvalue weighted by atomic mass is 10.1. The van der Waals surface area contributed by atoms with Crippen molar-refractivity contribution >= 4 is 11.8 Å². The first-order chi connectivity index (χ1) is 5.38. The van der Waals surface area contributed by atoms with Crippen molar-refractivity contribution in [2.45, 2.75) is 26.5 Å². The summed E-state index contributed by atoms with van der Waals surface area (Å²) in [5, 5.41) is 0. The van der Waals surface area contributed by atoms with Crippen LogP contribution in [0.1, 0.15) is 24.2 Å². The smallest absolute Gasteiger partial charge is 0.0407 e. The third-order valence-corrected chi connectivity index (χ3v) is 3.13. The van der Waals surface area contributed by atoms with Crippen LogP contribution in [0.25, 0.3) is 0 Å². The predicted octanol–water partition coefficient (Wildman–Crippen LogP) is 1.99. The van der Waals surface area contributed by atoms with Crippen molar-refractivity contribution in [1.82, 2.24) is 4.98 Å². The minimum Gasteiger partial charge on any atom is -0.412 e. The van der Waals surface area contributed by atoms with Crippen molar-refractivity contribution in [2.75, 3.05) is 5.75 Å². The van der Waals surface area contributed by atoms with E-state index in [0.29, 0.717) is 0 Å². The highest BCUT2D eigenvalue weighted by atomic mass is 32.2. The summed E-state index contributed by atoms with van der Waals surface area (Å²) >= 11 is 2.02. The molecule has 13 heavy (non-hydrogen) atoms. The number of fused-ring (bicyclic) bond motifs is 1. The molecule has 0 aromatic carbocycles. The van der Waals surface area contributed by atoms with Gasteiger partial charge in [-0.3, -0.25) is 4.98 Å². The molecule has 2 rings (SSSR count). The van der Waals surface area contributed by atoms with Gasteiger partial charge in [-0.2, -0.15) is 11.8 Å². The van der Waals surface area contributed by atoms with E-state index in [9.17, 15) is 0 Å². The number of aromatic nitrogens is 1. The van der Waals surface area contributed by atoms with Crippen LogP contribution in [-0.4, -0.2) is 16.2 Å². The van der Waals surface area contributed by atoms with E-state index in [0.717, 1.165) is 0 Å². The van der Waals surface area contributed by atoms with Gasteiger partial charge in [0, 0.05) is 17.6 Å². The third-order valence-electron chi connectivity index (χ3n) is 2.12. The van der Waals surface area contributed by atoms with Crippen molar-refractivity contribution in [3.63, 3.8) is 0 Å². The molecule has 0 bridgehead atoms. The molecule has 0 saturated heterocycles. The molecule has 2 nitrogen and oxygen atoms in total. The standard InChI is InChI=1S/C9H11NS.CH4.H2O/c1-7-9-3-5-11-6-8(9)2-4-10-7;;/h2,4H,3,5-6H2,1H3;1H4;1H2. The first-order valence-corrected chi connectivity index (χ1v) is 5.04. The number of rotatable bonds is 0. The van der Waals surface area contributed by atoms with Gasteiger partial charge in [-0.15, -0.1) is 0 Å². The van der Waals surface area contributed by atoms with Gasteiger partial charge in [-0.05, 0) is 36.3 Å². The van der Waals surface area contributed by atoms with Gasteiger partial charge >= 0.3 is 0 Å². The number of nitrogens with zero attached hydrogens (tertiary/aromatic N) is 1. The van der Waals surface area contributed by atoms with Crippen molar-refractivity contribution in [3.8, 4) is 0 Å². The van der Waals surface area contributed by atoms with Gasteiger partial charge in [0.25, 0.3) is 0 Å². The largest absolute Gasteiger partial charge is 0.412 e. The molecule has 1 aliphatic heterocycles. The summed E-state index contributed by atoms with van der Waals surface area (Å²) in [6.07, 6.45) is 3.12. The van der Waals surface area contributed by atoms with Crippen LogP contribution in [0.2, 0.25) is 0 Å². The maximum Gasteiger partial charge on any atom is 0.0407 e. The summed E-state index contributed by atoms with van der Waals surface area (Å²) in [5.74, 6) is 2.44. The van der Waals surface area contributed by atoms with Gasteiger partial charge in [-0.1, -0.05) is 7.43 Å². The van der Waals surface area contributed by atoms with Gasteiger partial charge in [0.05, 0.1) is 0 Å². The zero-order valence-corrected chi connectivity index (χ0v) is 7.95. The zero-order valence-electron chi connectivity index (χ0n) is 7.13. The molecule has 3 heteroatoms. The molecule has 0 unspecified atom stereocenters. The predicted molar refractivity (Wildman–Crippen MR) is 59.2 cm³/mol. The fraction of sp³-hybridized carbons (Fsp3) is 0.500. The SMILES string of the molecule is C.Cc1nccc2c1CCSC2.O. The van der Waals surface area contributed by atoms with E-state index >= 15 is 0 Å². The minimum atomic E-state index is 0. The van der Waals surface area contributed by atoms with Crippen LogP contribution in [0.15, 0.2) is 12.3 Å². The molecular formula is C10H17NOS. The van der Waals surface area contributed by atoms with Gasteiger partial charge in [-0.25, -0.2) is 0 Å². The number of thioether (sulfide) groups is 1. The second-order valence-corrected chi connectivity index (χ2v) is 3.94. The number of aryl methyl sites for hydroxylation is 1. The number of hydrogen-bond acceptors (Lipinski definition) is 2. The summed E-state index contributed by atoms with van der Waals surface area (Å²) in [7, 11) is 0. The summed E-state index contributed by atoms with van der Waals surface area (Å²) in [6, 6.07) is 2.15. The van der Waals surface area contributed by atoms with E-state index in [-0.39, 0.29) is 12.9 Å². The fourth-order valence-corrected chi connectivity index (χ4v) is 2.47. The Balaban J connectivity index is 0.000000720. The topological polar surface area (TPSA) is 44.4 Å². The first-order valence-electron chi connectivity index (χ1n) is 3.89. The minimum absolute atomic E-state index is 0. The van der Waals surface area contributed by atoms with E-state index in [4.69, 9.17) is 0 Å². The van der Waals surface area contributed by atoms with E-state index in [1.165, 1.54) is 34.7 Å². The Bertz CT molecular complexity index is 276. The van der Waals surface area contributed by atoms with Crippen LogP contribution in [0.5, 0.6) is 0 Å². The molecule has 0 atom stereocenters. The summed E-state index contributed by atoms with van der Waals surface area (Å²) in [6.45, 7) is 2.11. The molecule has 0 radical (unpaired) electrons. The van der Waals surface area contributed by atoms with Gasteiger partial charge in [0.1, 0.15) is 0 Å². The van der Waals surface area contributed by atoms with Crippen molar-refractivity contribution in [3.05, 3.63) is 29.1 Å². The van der Waals surface area contributed by atoms with Crippen LogP contribution >= 0.6 is 11.8 Å². The summed E-state index contributed by atoms with van der Waals surface area (Å²) < 4.78 is 0. The molecule has 2 N–H and O–H groups in total. The van der Waals surface area contributed by atoms with E-state index < -0.39 is 0 Å². The summed E-state index contributed by atoms with van der Waals surface area (Å²) in [5.41, 5.74) is 4.21. The molecule has 0 saturated carbocycles. The van der Waals surface area contributed by atoms with Crippen molar-refractivity contribution < 1.29 is 5.48 Å². The molecule has 74 valence electrons. The van der Waals surface area contributed by atoms with Crippen LogP contribution in [0.4, 0.5) is 0 Å². The molecule has 0 aliphatic carbocycles. The summed E-state index contributed by atoms with van der Waals surface area (Å²) in [4.78, 5) is 4.28. The first kappa shape index (κ1) is 12.5.